The Morgan fingerprint density at radius 2 is 1.97 bits per heavy atom. The molecule has 180 valence electrons. The second kappa shape index (κ2) is 12.0. The number of hydrogen-bond acceptors (Lipinski definition) is 5. The number of anilines is 1. The molecule has 0 atom stereocenters. The number of fused-ring (bicyclic) bond motifs is 1. The Bertz CT molecular complexity index is 1190. The third kappa shape index (κ3) is 6.15. The average molecular weight is 499 g/mol. The van der Waals surface area contributed by atoms with Gasteiger partial charge in [-0.25, -0.2) is 9.97 Å². The second-order valence-electron chi connectivity index (χ2n) is 8.33. The average Bonchev–Trinajstić information content (AvgIpc) is 3.50. The summed E-state index contributed by atoms with van der Waals surface area (Å²) in [6, 6.07) is 14.2. The Balaban J connectivity index is 0.00000324. The third-order valence-electron chi connectivity index (χ3n) is 5.67. The fourth-order valence-electron chi connectivity index (χ4n) is 3.72. The highest BCUT2D eigenvalue weighted by molar-refractivity contribution is 7.22. The highest BCUT2D eigenvalue weighted by Crippen LogP contribution is 2.31. The summed E-state index contributed by atoms with van der Waals surface area (Å²) in [5.41, 5.74) is 3.43. The molecule has 0 bridgehead atoms. The van der Waals surface area contributed by atoms with E-state index >= 15 is 0 Å². The Labute approximate surface area is 211 Å². The SMILES string of the molecule is CCc1cccc2sc(N(CCCn3ccnc3)C(=O)COc3ccc(C(C)C)cc3)nc12.Cl. The van der Waals surface area contributed by atoms with Crippen molar-refractivity contribution < 1.29 is 9.53 Å². The van der Waals surface area contributed by atoms with Crippen LogP contribution in [0, 0.1) is 0 Å². The van der Waals surface area contributed by atoms with E-state index in [0.717, 1.165) is 34.7 Å². The molecular weight excluding hydrogens is 468 g/mol. The summed E-state index contributed by atoms with van der Waals surface area (Å²) >= 11 is 1.56. The number of benzene rings is 2. The van der Waals surface area contributed by atoms with Crippen molar-refractivity contribution in [1.29, 1.82) is 0 Å². The zero-order valence-corrected chi connectivity index (χ0v) is 21.4. The van der Waals surface area contributed by atoms with E-state index in [1.807, 2.05) is 35.0 Å². The molecule has 4 rings (SSSR count). The smallest absolute Gasteiger partial charge is 0.266 e. The first kappa shape index (κ1) is 25.7. The number of rotatable bonds is 10. The maximum atomic E-state index is 13.3. The summed E-state index contributed by atoms with van der Waals surface area (Å²) in [6.45, 7) is 7.76. The van der Waals surface area contributed by atoms with Crippen LogP contribution in [0.25, 0.3) is 10.2 Å². The molecule has 0 unspecified atom stereocenters. The van der Waals surface area contributed by atoms with Crippen molar-refractivity contribution in [1.82, 2.24) is 14.5 Å². The lowest BCUT2D eigenvalue weighted by atomic mass is 10.0. The number of ether oxygens (including phenoxy) is 1. The topological polar surface area (TPSA) is 60.2 Å². The maximum Gasteiger partial charge on any atom is 0.266 e. The summed E-state index contributed by atoms with van der Waals surface area (Å²) in [7, 11) is 0. The van der Waals surface area contributed by atoms with E-state index in [0.29, 0.717) is 18.2 Å². The number of halogens is 1. The van der Waals surface area contributed by atoms with Gasteiger partial charge in [0, 0.05) is 25.5 Å². The molecule has 2 aromatic carbocycles. The number of nitrogens with zero attached hydrogens (tertiary/aromatic N) is 4. The van der Waals surface area contributed by atoms with Crippen molar-refractivity contribution in [2.45, 2.75) is 46.1 Å². The minimum Gasteiger partial charge on any atom is -0.484 e. The molecule has 0 N–H and O–H groups in total. The van der Waals surface area contributed by atoms with Crippen LogP contribution in [0.4, 0.5) is 5.13 Å². The summed E-state index contributed by atoms with van der Waals surface area (Å²) in [6.07, 6.45) is 7.19. The van der Waals surface area contributed by atoms with Crippen LogP contribution in [0.3, 0.4) is 0 Å². The van der Waals surface area contributed by atoms with Crippen LogP contribution < -0.4 is 9.64 Å². The van der Waals surface area contributed by atoms with Gasteiger partial charge in [-0.3, -0.25) is 9.69 Å². The summed E-state index contributed by atoms with van der Waals surface area (Å²) in [5.74, 6) is 1.06. The molecule has 0 aliphatic heterocycles. The van der Waals surface area contributed by atoms with Crippen molar-refractivity contribution in [2.75, 3.05) is 18.1 Å². The second-order valence-corrected chi connectivity index (χ2v) is 9.33. The van der Waals surface area contributed by atoms with E-state index in [1.165, 1.54) is 11.1 Å². The molecule has 0 aliphatic rings. The highest BCUT2D eigenvalue weighted by Gasteiger charge is 2.21. The predicted octanol–water partition coefficient (Wildman–Crippen LogP) is 6.10. The maximum absolute atomic E-state index is 13.3. The minimum absolute atomic E-state index is 0. The molecule has 0 aliphatic carbocycles. The van der Waals surface area contributed by atoms with Gasteiger partial charge in [-0.05, 0) is 48.1 Å². The molecule has 2 heterocycles. The molecule has 0 fully saturated rings. The monoisotopic (exact) mass is 498 g/mol. The highest BCUT2D eigenvalue weighted by atomic mass is 35.5. The van der Waals surface area contributed by atoms with Crippen molar-refractivity contribution in [2.24, 2.45) is 0 Å². The zero-order valence-electron chi connectivity index (χ0n) is 19.8. The van der Waals surface area contributed by atoms with E-state index in [9.17, 15) is 4.79 Å². The lowest BCUT2D eigenvalue weighted by Gasteiger charge is -2.20. The van der Waals surface area contributed by atoms with Gasteiger partial charge >= 0.3 is 0 Å². The van der Waals surface area contributed by atoms with Gasteiger partial charge in [0.15, 0.2) is 11.7 Å². The van der Waals surface area contributed by atoms with Crippen molar-refractivity contribution in [3.05, 3.63) is 72.3 Å². The first-order valence-corrected chi connectivity index (χ1v) is 12.2. The van der Waals surface area contributed by atoms with E-state index in [2.05, 4.69) is 44.0 Å². The number of imidazole rings is 1. The standard InChI is InChI=1S/C26H30N4O2S.ClH/c1-4-20-7-5-8-23-25(20)28-26(33-23)30(15-6-14-29-16-13-27-18-29)24(31)17-32-22-11-9-21(10-12-22)19(2)3;/h5,7-13,16,18-19H,4,6,14-15,17H2,1-3H3;1H. The van der Waals surface area contributed by atoms with Gasteiger partial charge in [0.2, 0.25) is 0 Å². The van der Waals surface area contributed by atoms with Crippen LogP contribution in [0.1, 0.15) is 44.2 Å². The van der Waals surface area contributed by atoms with Crippen LogP contribution in [-0.2, 0) is 17.8 Å². The van der Waals surface area contributed by atoms with Gasteiger partial charge in [-0.2, -0.15) is 0 Å². The van der Waals surface area contributed by atoms with Crippen molar-refractivity contribution in [3.8, 4) is 5.75 Å². The molecule has 8 heteroatoms. The number of para-hydroxylation sites is 1. The van der Waals surface area contributed by atoms with Crippen molar-refractivity contribution in [3.63, 3.8) is 0 Å². The lowest BCUT2D eigenvalue weighted by molar-refractivity contribution is -0.120. The molecule has 2 aromatic heterocycles. The summed E-state index contributed by atoms with van der Waals surface area (Å²) < 4.78 is 8.96. The molecule has 1 amide bonds. The summed E-state index contributed by atoms with van der Waals surface area (Å²) in [4.78, 5) is 24.0. The Kier molecular flexibility index (Phi) is 9.07. The van der Waals surface area contributed by atoms with Crippen LogP contribution in [0.2, 0.25) is 0 Å². The number of carbonyl (C=O) groups is 1. The fraction of sp³-hybridized carbons (Fsp3) is 0.346. The lowest BCUT2D eigenvalue weighted by Crippen LogP contribution is -2.36. The number of amides is 1. The van der Waals surface area contributed by atoms with Crippen LogP contribution in [0.15, 0.2) is 61.2 Å². The number of carbonyl (C=O) groups excluding carboxylic acids is 1. The number of thiazole rings is 1. The van der Waals surface area contributed by atoms with Gasteiger partial charge in [-0.15, -0.1) is 12.4 Å². The van der Waals surface area contributed by atoms with Gasteiger partial charge < -0.3 is 9.30 Å². The quantitative estimate of drug-likeness (QED) is 0.265. The number of aryl methyl sites for hydroxylation is 2. The molecular formula is C26H31ClN4O2S. The van der Waals surface area contributed by atoms with Gasteiger partial charge in [0.1, 0.15) is 5.75 Å². The predicted molar refractivity (Wildman–Crippen MR) is 141 cm³/mol. The molecule has 4 aromatic rings. The van der Waals surface area contributed by atoms with Gasteiger partial charge in [0.05, 0.1) is 16.5 Å². The Morgan fingerprint density at radius 1 is 1.18 bits per heavy atom. The van der Waals surface area contributed by atoms with Crippen LogP contribution in [-0.4, -0.2) is 33.6 Å². The largest absolute Gasteiger partial charge is 0.484 e. The first-order valence-electron chi connectivity index (χ1n) is 11.4. The molecule has 0 saturated heterocycles. The van der Waals surface area contributed by atoms with Gasteiger partial charge in [-0.1, -0.05) is 56.4 Å². The third-order valence-corrected chi connectivity index (χ3v) is 6.71. The van der Waals surface area contributed by atoms with E-state index < -0.39 is 0 Å². The Morgan fingerprint density at radius 3 is 2.65 bits per heavy atom. The van der Waals surface area contributed by atoms with Crippen LogP contribution in [0.5, 0.6) is 5.75 Å². The van der Waals surface area contributed by atoms with E-state index in [4.69, 9.17) is 9.72 Å². The minimum atomic E-state index is -0.0920. The molecule has 6 nitrogen and oxygen atoms in total. The zero-order chi connectivity index (χ0) is 23.2. The normalized spacial score (nSPS) is 10.9. The first-order chi connectivity index (χ1) is 16.0. The molecule has 0 saturated carbocycles. The molecule has 0 spiro atoms. The molecule has 0 radical (unpaired) electrons. The Hall–Kier alpha value is -2.90. The fourth-order valence-corrected chi connectivity index (χ4v) is 4.78. The van der Waals surface area contributed by atoms with Crippen molar-refractivity contribution >= 4 is 45.0 Å². The molecule has 34 heavy (non-hydrogen) atoms. The van der Waals surface area contributed by atoms with Crippen LogP contribution >= 0.6 is 23.7 Å². The summed E-state index contributed by atoms with van der Waals surface area (Å²) in [5, 5.41) is 0.722. The number of aromatic nitrogens is 3. The van der Waals surface area contributed by atoms with E-state index in [1.54, 1.807) is 28.8 Å². The number of hydrogen-bond donors (Lipinski definition) is 0. The van der Waals surface area contributed by atoms with Gasteiger partial charge in [0.25, 0.3) is 5.91 Å². The van der Waals surface area contributed by atoms with E-state index in [-0.39, 0.29) is 24.9 Å².